The summed E-state index contributed by atoms with van der Waals surface area (Å²) in [6, 6.07) is 14.4. The summed E-state index contributed by atoms with van der Waals surface area (Å²) in [5.41, 5.74) is 3.56. The molecule has 0 fully saturated rings. The molecule has 4 heteroatoms. The van der Waals surface area contributed by atoms with Crippen LogP contribution in [0.3, 0.4) is 0 Å². The molecule has 1 N–H and O–H groups in total. The molecule has 2 rings (SSSR count). The number of nitrogens with one attached hydrogen (secondary N) is 1. The van der Waals surface area contributed by atoms with Crippen molar-refractivity contribution in [3.8, 4) is 5.75 Å². The van der Waals surface area contributed by atoms with Crippen molar-refractivity contribution in [2.75, 3.05) is 26.1 Å². The van der Waals surface area contributed by atoms with Crippen LogP contribution in [0, 0.1) is 0 Å². The van der Waals surface area contributed by atoms with E-state index in [-0.39, 0.29) is 0 Å². The van der Waals surface area contributed by atoms with Gasteiger partial charge < -0.3 is 15.0 Å². The maximum atomic E-state index is 5.20. The van der Waals surface area contributed by atoms with Gasteiger partial charge in [0, 0.05) is 29.4 Å². The Morgan fingerprint density at radius 2 is 1.85 bits per heavy atom. The van der Waals surface area contributed by atoms with Crippen molar-refractivity contribution in [2.45, 2.75) is 6.54 Å². The summed E-state index contributed by atoms with van der Waals surface area (Å²) < 4.78 is 6.28. The average molecular weight is 335 g/mol. The van der Waals surface area contributed by atoms with E-state index in [2.05, 4.69) is 63.5 Å². The van der Waals surface area contributed by atoms with Crippen LogP contribution in [0.4, 0.5) is 11.4 Å². The van der Waals surface area contributed by atoms with E-state index in [1.165, 1.54) is 11.3 Å². The first-order valence-electron chi connectivity index (χ1n) is 6.46. The number of anilines is 2. The predicted molar refractivity (Wildman–Crippen MR) is 88.0 cm³/mol. The third-order valence-corrected chi connectivity index (χ3v) is 3.73. The lowest BCUT2D eigenvalue weighted by atomic mass is 10.1. The first-order valence-corrected chi connectivity index (χ1v) is 7.26. The molecule has 0 aliphatic heterocycles. The molecule has 0 saturated carbocycles. The molecule has 106 valence electrons. The Bertz CT molecular complexity index is 569. The van der Waals surface area contributed by atoms with E-state index in [9.17, 15) is 0 Å². The largest absolute Gasteiger partial charge is 0.497 e. The molecule has 20 heavy (non-hydrogen) atoms. The fraction of sp³-hybridized carbons (Fsp3) is 0.250. The average Bonchev–Trinajstić information content (AvgIpc) is 2.48. The number of rotatable bonds is 5. The van der Waals surface area contributed by atoms with E-state index < -0.39 is 0 Å². The minimum Gasteiger partial charge on any atom is -0.497 e. The standard InChI is InChI=1S/C16H19BrN2O/c1-18-11-12-4-5-13(17)10-16(12)19(2)14-6-8-15(20-3)9-7-14/h4-10,18H,11H2,1-3H3. The summed E-state index contributed by atoms with van der Waals surface area (Å²) >= 11 is 3.54. The van der Waals surface area contributed by atoms with Crippen molar-refractivity contribution in [3.05, 3.63) is 52.5 Å². The molecule has 3 nitrogen and oxygen atoms in total. The molecule has 0 aliphatic carbocycles. The molecule has 0 spiro atoms. The maximum Gasteiger partial charge on any atom is 0.119 e. The zero-order valence-corrected chi connectivity index (χ0v) is 13.6. The summed E-state index contributed by atoms with van der Waals surface area (Å²) in [7, 11) is 5.71. The number of ether oxygens (including phenoxy) is 1. The van der Waals surface area contributed by atoms with Gasteiger partial charge in [-0.3, -0.25) is 0 Å². The lowest BCUT2D eigenvalue weighted by Gasteiger charge is -2.23. The Kier molecular flexibility index (Phi) is 5.04. The van der Waals surface area contributed by atoms with E-state index in [1.807, 2.05) is 19.2 Å². The van der Waals surface area contributed by atoms with Crippen LogP contribution in [0.15, 0.2) is 46.9 Å². The van der Waals surface area contributed by atoms with Crippen molar-refractivity contribution in [3.63, 3.8) is 0 Å². The van der Waals surface area contributed by atoms with E-state index in [0.717, 1.165) is 22.5 Å². The summed E-state index contributed by atoms with van der Waals surface area (Å²) in [6.07, 6.45) is 0. The number of nitrogens with zero attached hydrogens (tertiary/aromatic N) is 1. The monoisotopic (exact) mass is 334 g/mol. The van der Waals surface area contributed by atoms with Gasteiger partial charge in [-0.05, 0) is 49.0 Å². The molecule has 0 aromatic heterocycles. The molecule has 2 aromatic carbocycles. The van der Waals surface area contributed by atoms with Gasteiger partial charge in [0.15, 0.2) is 0 Å². The fourth-order valence-corrected chi connectivity index (χ4v) is 2.48. The van der Waals surface area contributed by atoms with Gasteiger partial charge in [-0.2, -0.15) is 0 Å². The number of hydrogen-bond donors (Lipinski definition) is 1. The highest BCUT2D eigenvalue weighted by Crippen LogP contribution is 2.30. The Balaban J connectivity index is 2.35. The van der Waals surface area contributed by atoms with Crippen LogP contribution in [-0.2, 0) is 6.54 Å². The molecule has 0 saturated heterocycles. The highest BCUT2D eigenvalue weighted by atomic mass is 79.9. The van der Waals surface area contributed by atoms with E-state index in [0.29, 0.717) is 0 Å². The molecule has 2 aromatic rings. The Morgan fingerprint density at radius 1 is 1.15 bits per heavy atom. The van der Waals surface area contributed by atoms with Gasteiger partial charge in [-0.25, -0.2) is 0 Å². The molecular weight excluding hydrogens is 316 g/mol. The van der Waals surface area contributed by atoms with Crippen LogP contribution < -0.4 is 15.0 Å². The topological polar surface area (TPSA) is 24.5 Å². The minimum absolute atomic E-state index is 0.836. The summed E-state index contributed by atoms with van der Waals surface area (Å²) in [6.45, 7) is 0.836. The summed E-state index contributed by atoms with van der Waals surface area (Å²) in [5.74, 6) is 0.867. The third kappa shape index (κ3) is 3.32. The number of benzene rings is 2. The van der Waals surface area contributed by atoms with Crippen molar-refractivity contribution >= 4 is 27.3 Å². The second kappa shape index (κ2) is 6.77. The second-order valence-corrected chi connectivity index (χ2v) is 5.48. The maximum absolute atomic E-state index is 5.20. The lowest BCUT2D eigenvalue weighted by molar-refractivity contribution is 0.415. The van der Waals surface area contributed by atoms with Gasteiger partial charge in [-0.15, -0.1) is 0 Å². The number of methoxy groups -OCH3 is 1. The highest BCUT2D eigenvalue weighted by molar-refractivity contribution is 9.10. The van der Waals surface area contributed by atoms with E-state index in [1.54, 1.807) is 7.11 Å². The smallest absolute Gasteiger partial charge is 0.119 e. The Morgan fingerprint density at radius 3 is 2.45 bits per heavy atom. The number of hydrogen-bond acceptors (Lipinski definition) is 3. The third-order valence-electron chi connectivity index (χ3n) is 3.24. The molecule has 0 heterocycles. The van der Waals surface area contributed by atoms with E-state index >= 15 is 0 Å². The minimum atomic E-state index is 0.836. The summed E-state index contributed by atoms with van der Waals surface area (Å²) in [5, 5.41) is 3.21. The van der Waals surface area contributed by atoms with Gasteiger partial charge in [0.25, 0.3) is 0 Å². The van der Waals surface area contributed by atoms with Gasteiger partial charge in [0.1, 0.15) is 5.75 Å². The van der Waals surface area contributed by atoms with Gasteiger partial charge in [-0.1, -0.05) is 22.0 Å². The van der Waals surface area contributed by atoms with Crippen LogP contribution in [0.5, 0.6) is 5.75 Å². The second-order valence-electron chi connectivity index (χ2n) is 4.56. The zero-order chi connectivity index (χ0) is 14.5. The van der Waals surface area contributed by atoms with Crippen LogP contribution in [0.2, 0.25) is 0 Å². The Labute approximate surface area is 128 Å². The van der Waals surface area contributed by atoms with Crippen LogP contribution in [0.25, 0.3) is 0 Å². The first kappa shape index (κ1) is 14.9. The number of halogens is 1. The van der Waals surface area contributed by atoms with Crippen molar-refractivity contribution in [1.82, 2.24) is 5.32 Å². The SMILES string of the molecule is CNCc1ccc(Br)cc1N(C)c1ccc(OC)cc1. The highest BCUT2D eigenvalue weighted by Gasteiger charge is 2.10. The van der Waals surface area contributed by atoms with Crippen molar-refractivity contribution < 1.29 is 4.74 Å². The molecule has 0 bridgehead atoms. The molecule has 0 unspecified atom stereocenters. The van der Waals surface area contributed by atoms with Crippen molar-refractivity contribution in [1.29, 1.82) is 0 Å². The van der Waals surface area contributed by atoms with E-state index in [4.69, 9.17) is 4.74 Å². The molecule has 0 radical (unpaired) electrons. The quantitative estimate of drug-likeness (QED) is 0.896. The lowest BCUT2D eigenvalue weighted by Crippen LogP contribution is -2.15. The first-order chi connectivity index (χ1) is 9.65. The molecular formula is C16H19BrN2O. The fourth-order valence-electron chi connectivity index (χ4n) is 2.13. The molecule has 0 aliphatic rings. The van der Waals surface area contributed by atoms with Gasteiger partial charge >= 0.3 is 0 Å². The summed E-state index contributed by atoms with van der Waals surface area (Å²) in [4.78, 5) is 2.18. The van der Waals surface area contributed by atoms with Crippen molar-refractivity contribution in [2.24, 2.45) is 0 Å². The van der Waals surface area contributed by atoms with Gasteiger partial charge in [0.2, 0.25) is 0 Å². The van der Waals surface area contributed by atoms with Crippen LogP contribution >= 0.6 is 15.9 Å². The normalized spacial score (nSPS) is 10.4. The molecule has 0 atom stereocenters. The van der Waals surface area contributed by atoms with Crippen LogP contribution in [-0.4, -0.2) is 21.2 Å². The molecule has 0 amide bonds. The van der Waals surface area contributed by atoms with Crippen LogP contribution in [0.1, 0.15) is 5.56 Å². The Hall–Kier alpha value is -1.52. The van der Waals surface area contributed by atoms with Gasteiger partial charge in [0.05, 0.1) is 7.11 Å². The predicted octanol–water partition coefficient (Wildman–Crippen LogP) is 3.95. The zero-order valence-electron chi connectivity index (χ0n) is 12.0.